The molecule has 0 aromatic heterocycles. The van der Waals surface area contributed by atoms with Crippen LogP contribution in [-0.4, -0.2) is 135 Å². The molecule has 1 aliphatic heterocycles. The molecule has 1 aliphatic carbocycles. The fourth-order valence-electron chi connectivity index (χ4n) is 5.52. The van der Waals surface area contributed by atoms with E-state index >= 15 is 0 Å². The molecule has 0 radical (unpaired) electrons. The van der Waals surface area contributed by atoms with Crippen LogP contribution in [0.3, 0.4) is 0 Å². The molecule has 5 amide bonds. The highest BCUT2D eigenvalue weighted by Gasteiger charge is 2.44. The number of nitrogens with one attached hydrogen (secondary N) is 1. The van der Waals surface area contributed by atoms with Gasteiger partial charge in [-0.05, 0) is 46.5 Å². The normalized spacial score (nSPS) is 18.8. The Bertz CT molecular complexity index is 1130. The van der Waals surface area contributed by atoms with Gasteiger partial charge in [0.15, 0.2) is 0 Å². The topological polar surface area (TPSA) is 194 Å². The second-order valence-corrected chi connectivity index (χ2v) is 13.1. The van der Waals surface area contributed by atoms with Crippen molar-refractivity contribution in [2.24, 2.45) is 5.92 Å². The Hall–Kier alpha value is -3.91. The summed E-state index contributed by atoms with van der Waals surface area (Å²) < 4.78 is 5.36. The summed E-state index contributed by atoms with van der Waals surface area (Å²) in [5.41, 5.74) is -0.754. The largest absolute Gasteiger partial charge is 0.481 e. The van der Waals surface area contributed by atoms with Crippen LogP contribution >= 0.6 is 0 Å². The number of hydrogen-bond donors (Lipinski definition) is 3. The average Bonchev–Trinajstić information content (AvgIpc) is 2.92. The van der Waals surface area contributed by atoms with Crippen molar-refractivity contribution in [2.75, 3.05) is 34.2 Å². The van der Waals surface area contributed by atoms with E-state index in [1.54, 1.807) is 27.7 Å². The monoisotopic (exact) mass is 639 g/mol. The van der Waals surface area contributed by atoms with Crippen LogP contribution in [-0.2, 0) is 33.5 Å². The number of carboxylic acids is 2. The molecule has 0 spiro atoms. The number of carboxylic acid groups (broad SMARTS) is 2. The maximum absolute atomic E-state index is 13.8. The number of likely N-dealkylation sites (tertiary alicyclic amines) is 1. The van der Waals surface area contributed by atoms with Gasteiger partial charge in [-0.1, -0.05) is 32.1 Å². The third-order valence-corrected chi connectivity index (χ3v) is 8.36. The van der Waals surface area contributed by atoms with Crippen molar-refractivity contribution in [1.29, 1.82) is 0 Å². The molecule has 3 N–H and O–H groups in total. The van der Waals surface area contributed by atoms with Crippen LogP contribution in [0.25, 0.3) is 0 Å². The third-order valence-electron chi connectivity index (χ3n) is 8.36. The van der Waals surface area contributed by atoms with E-state index in [2.05, 4.69) is 5.32 Å². The van der Waals surface area contributed by atoms with Gasteiger partial charge < -0.3 is 35.0 Å². The van der Waals surface area contributed by atoms with Gasteiger partial charge in [-0.3, -0.25) is 28.9 Å². The molecule has 45 heavy (non-hydrogen) atoms. The van der Waals surface area contributed by atoms with Gasteiger partial charge in [0, 0.05) is 27.7 Å². The summed E-state index contributed by atoms with van der Waals surface area (Å²) in [5, 5.41) is 20.3. The van der Waals surface area contributed by atoms with Gasteiger partial charge in [-0.2, -0.15) is 0 Å². The molecule has 254 valence electrons. The number of hydrogen-bond acceptors (Lipinski definition) is 8. The Morgan fingerprint density at radius 2 is 1.53 bits per heavy atom. The standard InChI is InChI=1S/C30H49N5O10/c1-18(33(6)29(44)45-30(2,3)4)25(39)35-14-13-21(35)27(41)34(7)22(15-19-11-9-8-10-12-19)26(40)32(5)17-23(36)31-20(28(42)43)16-24(37)38/h18-22H,8-17H2,1-7H3,(H,31,36)(H,37,38)(H,42,43)/t18-,20-,21-,22-/m0/s1. The van der Waals surface area contributed by atoms with Crippen molar-refractivity contribution < 1.29 is 48.5 Å². The van der Waals surface area contributed by atoms with Crippen molar-refractivity contribution in [2.45, 2.75) is 109 Å². The molecule has 0 unspecified atom stereocenters. The van der Waals surface area contributed by atoms with Gasteiger partial charge in [0.25, 0.3) is 0 Å². The van der Waals surface area contributed by atoms with Crippen molar-refractivity contribution in [3.8, 4) is 0 Å². The minimum absolute atomic E-state index is 0.166. The summed E-state index contributed by atoms with van der Waals surface area (Å²) >= 11 is 0. The van der Waals surface area contributed by atoms with E-state index in [9.17, 15) is 38.7 Å². The average molecular weight is 640 g/mol. The van der Waals surface area contributed by atoms with E-state index in [0.717, 1.165) is 37.0 Å². The lowest BCUT2D eigenvalue weighted by molar-refractivity contribution is -0.158. The highest BCUT2D eigenvalue weighted by molar-refractivity contribution is 5.96. The van der Waals surface area contributed by atoms with Crippen LogP contribution in [0.15, 0.2) is 0 Å². The van der Waals surface area contributed by atoms with Crippen LogP contribution in [0.2, 0.25) is 0 Å². The number of carbonyl (C=O) groups excluding carboxylic acids is 5. The zero-order valence-corrected chi connectivity index (χ0v) is 27.4. The van der Waals surface area contributed by atoms with Crippen molar-refractivity contribution in [1.82, 2.24) is 24.9 Å². The zero-order valence-electron chi connectivity index (χ0n) is 27.4. The second-order valence-electron chi connectivity index (χ2n) is 13.1. The summed E-state index contributed by atoms with van der Waals surface area (Å²) in [6.07, 6.45) is 4.06. The molecule has 4 atom stereocenters. The van der Waals surface area contributed by atoms with E-state index < -0.39 is 84.4 Å². The summed E-state index contributed by atoms with van der Waals surface area (Å²) in [6.45, 7) is 6.45. The number of likely N-dealkylation sites (N-methyl/N-ethyl adjacent to an activating group) is 3. The minimum atomic E-state index is -1.67. The summed E-state index contributed by atoms with van der Waals surface area (Å²) in [7, 11) is 4.30. The highest BCUT2D eigenvalue weighted by atomic mass is 16.6. The molecule has 0 bridgehead atoms. The maximum atomic E-state index is 13.8. The molecule has 2 rings (SSSR count). The van der Waals surface area contributed by atoms with E-state index in [1.807, 2.05) is 0 Å². The molecule has 2 aliphatic rings. The summed E-state index contributed by atoms with van der Waals surface area (Å²) in [6, 6.07) is -4.35. The van der Waals surface area contributed by atoms with Gasteiger partial charge >= 0.3 is 18.0 Å². The highest BCUT2D eigenvalue weighted by Crippen LogP contribution is 2.30. The number of aliphatic carboxylic acids is 2. The van der Waals surface area contributed by atoms with E-state index in [4.69, 9.17) is 9.84 Å². The fourth-order valence-corrected chi connectivity index (χ4v) is 5.52. The Labute approximate surface area is 264 Å². The minimum Gasteiger partial charge on any atom is -0.481 e. The van der Waals surface area contributed by atoms with E-state index in [0.29, 0.717) is 19.4 Å². The molecular formula is C30H49N5O10. The number of amides is 5. The van der Waals surface area contributed by atoms with Crippen LogP contribution < -0.4 is 5.32 Å². The first-order valence-electron chi connectivity index (χ1n) is 15.4. The van der Waals surface area contributed by atoms with Gasteiger partial charge in [0.05, 0.1) is 13.0 Å². The van der Waals surface area contributed by atoms with Crippen LogP contribution in [0.4, 0.5) is 4.79 Å². The summed E-state index contributed by atoms with van der Waals surface area (Å²) in [4.78, 5) is 93.2. The molecule has 15 heteroatoms. The molecule has 1 saturated carbocycles. The molecule has 15 nitrogen and oxygen atoms in total. The van der Waals surface area contributed by atoms with Crippen molar-refractivity contribution in [3.05, 3.63) is 0 Å². The first-order chi connectivity index (χ1) is 20.8. The van der Waals surface area contributed by atoms with Crippen LogP contribution in [0, 0.1) is 5.92 Å². The smallest absolute Gasteiger partial charge is 0.410 e. The predicted molar refractivity (Wildman–Crippen MR) is 161 cm³/mol. The Balaban J connectivity index is 2.17. The van der Waals surface area contributed by atoms with Gasteiger partial charge in [-0.15, -0.1) is 0 Å². The third kappa shape index (κ3) is 10.6. The Morgan fingerprint density at radius 3 is 2.02 bits per heavy atom. The van der Waals surface area contributed by atoms with Gasteiger partial charge in [-0.25, -0.2) is 9.59 Å². The lowest BCUT2D eigenvalue weighted by Crippen LogP contribution is -2.64. The van der Waals surface area contributed by atoms with Crippen LogP contribution in [0.5, 0.6) is 0 Å². The number of rotatable bonds is 13. The van der Waals surface area contributed by atoms with Crippen LogP contribution in [0.1, 0.15) is 79.1 Å². The number of carbonyl (C=O) groups is 7. The quantitative estimate of drug-likeness (QED) is 0.263. The first-order valence-corrected chi connectivity index (χ1v) is 15.4. The van der Waals surface area contributed by atoms with Crippen molar-refractivity contribution in [3.63, 3.8) is 0 Å². The van der Waals surface area contributed by atoms with E-state index in [1.165, 1.54) is 35.8 Å². The number of ether oxygens (including phenoxy) is 1. The Morgan fingerprint density at radius 1 is 0.933 bits per heavy atom. The fraction of sp³-hybridized carbons (Fsp3) is 0.767. The Kier molecular flexibility index (Phi) is 13.2. The van der Waals surface area contributed by atoms with Crippen molar-refractivity contribution >= 4 is 41.7 Å². The SMILES string of the molecule is C[C@@H](C(=O)N1CC[C@H]1C(=O)N(C)[C@@H](CC1CCCCC1)C(=O)N(C)CC(=O)N[C@@H](CC(=O)O)C(=O)O)N(C)C(=O)OC(C)(C)C. The first kappa shape index (κ1) is 37.3. The van der Waals surface area contributed by atoms with Gasteiger partial charge in [0.2, 0.25) is 23.6 Å². The second kappa shape index (κ2) is 15.9. The molecule has 2 fully saturated rings. The zero-order chi connectivity index (χ0) is 34.2. The molecular weight excluding hydrogens is 590 g/mol. The molecule has 1 saturated heterocycles. The summed E-state index contributed by atoms with van der Waals surface area (Å²) in [5.74, 6) is -5.03. The molecule has 1 heterocycles. The van der Waals surface area contributed by atoms with E-state index in [-0.39, 0.29) is 5.92 Å². The molecule has 0 aromatic rings. The maximum Gasteiger partial charge on any atom is 0.410 e. The number of nitrogens with zero attached hydrogens (tertiary/aromatic N) is 4. The lowest BCUT2D eigenvalue weighted by Gasteiger charge is -2.45. The molecule has 0 aromatic carbocycles. The predicted octanol–water partition coefficient (Wildman–Crippen LogP) is 1.14. The van der Waals surface area contributed by atoms with Gasteiger partial charge in [0.1, 0.15) is 29.8 Å². The lowest BCUT2D eigenvalue weighted by atomic mass is 9.84.